The number of carbonyl (C=O) groups is 1. The van der Waals surface area contributed by atoms with E-state index in [1.165, 1.54) is 12.1 Å². The number of nitrogens with zero attached hydrogens (tertiary/aromatic N) is 3. The lowest BCUT2D eigenvalue weighted by molar-refractivity contribution is -0.255. The molecule has 5 rings (SSSR count). The van der Waals surface area contributed by atoms with E-state index in [4.69, 9.17) is 9.52 Å². The lowest BCUT2D eigenvalue weighted by Gasteiger charge is -2.01. The molecule has 0 unspecified atom stereocenters. The van der Waals surface area contributed by atoms with Gasteiger partial charge in [-0.25, -0.2) is 4.68 Å². The molecule has 2 aromatic heterocycles. The average molecular weight is 406 g/mol. The van der Waals surface area contributed by atoms with E-state index in [1.54, 1.807) is 23.0 Å². The Morgan fingerprint density at radius 2 is 1.71 bits per heavy atom. The molecule has 0 aliphatic carbocycles. The van der Waals surface area contributed by atoms with Crippen molar-refractivity contribution in [2.24, 2.45) is 4.99 Å². The first-order valence-corrected chi connectivity index (χ1v) is 9.67. The summed E-state index contributed by atoms with van der Waals surface area (Å²) < 4.78 is 7.81. The van der Waals surface area contributed by atoms with Crippen molar-refractivity contribution in [1.29, 1.82) is 0 Å². The second-order valence-corrected chi connectivity index (χ2v) is 6.95. The van der Waals surface area contributed by atoms with Crippen molar-refractivity contribution in [2.45, 2.75) is 0 Å². The number of furan rings is 1. The molecule has 0 radical (unpaired) electrons. The quantitative estimate of drug-likeness (QED) is 0.405. The van der Waals surface area contributed by atoms with E-state index >= 15 is 0 Å². The Labute approximate surface area is 177 Å². The van der Waals surface area contributed by atoms with Crippen molar-refractivity contribution in [3.8, 4) is 17.1 Å². The summed E-state index contributed by atoms with van der Waals surface area (Å²) in [6.45, 7) is 0. The number of hydrogen-bond acceptors (Lipinski definition) is 5. The highest BCUT2D eigenvalue weighted by molar-refractivity contribution is 5.92. The van der Waals surface area contributed by atoms with Gasteiger partial charge in [0.05, 0.1) is 17.3 Å². The fourth-order valence-corrected chi connectivity index (χ4v) is 3.31. The van der Waals surface area contributed by atoms with E-state index in [-0.39, 0.29) is 5.56 Å². The standard InChI is InChI=1S/C25H17N3O3/c29-25(30)17-10-12-20(13-11-17)26-15-19-16-28(21-7-2-1-3-8-21)27-24(19)23-14-18-6-4-5-9-22(18)31-23/h1-16H,(H,29,30)/p-1. The maximum absolute atomic E-state index is 10.9. The average Bonchev–Trinajstić information content (AvgIpc) is 3.42. The van der Waals surface area contributed by atoms with Gasteiger partial charge in [0.25, 0.3) is 0 Å². The summed E-state index contributed by atoms with van der Waals surface area (Å²) in [4.78, 5) is 15.4. The Morgan fingerprint density at radius 1 is 0.968 bits per heavy atom. The van der Waals surface area contributed by atoms with Gasteiger partial charge in [0.2, 0.25) is 0 Å². The third-order valence-electron chi connectivity index (χ3n) is 4.88. The monoisotopic (exact) mass is 406 g/mol. The molecule has 0 N–H and O–H groups in total. The number of aromatic nitrogens is 2. The highest BCUT2D eigenvalue weighted by Gasteiger charge is 2.15. The van der Waals surface area contributed by atoms with Crippen LogP contribution in [0.1, 0.15) is 15.9 Å². The fraction of sp³-hybridized carbons (Fsp3) is 0. The largest absolute Gasteiger partial charge is 0.545 e. The van der Waals surface area contributed by atoms with Crippen molar-refractivity contribution in [3.05, 3.63) is 102 Å². The van der Waals surface area contributed by atoms with Crippen LogP contribution in [0.3, 0.4) is 0 Å². The Bertz CT molecular complexity index is 1360. The van der Waals surface area contributed by atoms with Crippen LogP contribution in [0.15, 0.2) is 101 Å². The molecule has 6 heteroatoms. The molecule has 0 spiro atoms. The normalized spacial score (nSPS) is 11.4. The minimum atomic E-state index is -1.22. The molecule has 31 heavy (non-hydrogen) atoms. The van der Waals surface area contributed by atoms with E-state index in [0.717, 1.165) is 22.2 Å². The van der Waals surface area contributed by atoms with E-state index in [9.17, 15) is 9.90 Å². The lowest BCUT2D eigenvalue weighted by Crippen LogP contribution is -2.21. The summed E-state index contributed by atoms with van der Waals surface area (Å²) >= 11 is 0. The van der Waals surface area contributed by atoms with E-state index < -0.39 is 5.97 Å². The fourth-order valence-electron chi connectivity index (χ4n) is 3.31. The molecule has 3 aromatic carbocycles. The molecular formula is C25H16N3O3-. The number of carboxylic acid groups (broad SMARTS) is 1. The number of fused-ring (bicyclic) bond motifs is 1. The third-order valence-corrected chi connectivity index (χ3v) is 4.88. The van der Waals surface area contributed by atoms with Gasteiger partial charge in [0.15, 0.2) is 5.76 Å². The molecule has 0 saturated heterocycles. The second-order valence-electron chi connectivity index (χ2n) is 6.95. The van der Waals surface area contributed by atoms with E-state index in [1.807, 2.05) is 66.9 Å². The van der Waals surface area contributed by atoms with Gasteiger partial charge in [-0.1, -0.05) is 48.5 Å². The van der Waals surface area contributed by atoms with Gasteiger partial charge >= 0.3 is 0 Å². The van der Waals surface area contributed by atoms with Crippen LogP contribution in [0.2, 0.25) is 0 Å². The highest BCUT2D eigenvalue weighted by Crippen LogP contribution is 2.29. The molecular weight excluding hydrogens is 390 g/mol. The molecule has 0 aliphatic rings. The van der Waals surface area contributed by atoms with Gasteiger partial charge in [-0.05, 0) is 42.0 Å². The van der Waals surface area contributed by atoms with E-state index in [2.05, 4.69) is 4.99 Å². The zero-order valence-corrected chi connectivity index (χ0v) is 16.3. The maximum atomic E-state index is 10.9. The summed E-state index contributed by atoms with van der Waals surface area (Å²) in [7, 11) is 0. The van der Waals surface area contributed by atoms with Crippen molar-refractivity contribution in [2.75, 3.05) is 0 Å². The minimum Gasteiger partial charge on any atom is -0.545 e. The van der Waals surface area contributed by atoms with Crippen LogP contribution in [0.25, 0.3) is 28.1 Å². The Kier molecular flexibility index (Phi) is 4.65. The molecule has 0 atom stereocenters. The van der Waals surface area contributed by atoms with Crippen molar-refractivity contribution in [1.82, 2.24) is 9.78 Å². The topological polar surface area (TPSA) is 83.5 Å². The van der Waals surface area contributed by atoms with Crippen LogP contribution in [0.4, 0.5) is 5.69 Å². The number of benzene rings is 3. The predicted molar refractivity (Wildman–Crippen MR) is 117 cm³/mol. The zero-order chi connectivity index (χ0) is 21.2. The summed E-state index contributed by atoms with van der Waals surface area (Å²) in [5, 5.41) is 16.7. The number of aromatic carboxylic acids is 1. The Balaban J connectivity index is 1.57. The first kappa shape index (κ1) is 18.6. The van der Waals surface area contributed by atoms with Crippen LogP contribution in [-0.2, 0) is 0 Å². The predicted octanol–water partition coefficient (Wildman–Crippen LogP) is 4.40. The smallest absolute Gasteiger partial charge is 0.156 e. The third kappa shape index (κ3) is 3.74. The molecule has 150 valence electrons. The van der Waals surface area contributed by atoms with Crippen LogP contribution in [0.5, 0.6) is 0 Å². The zero-order valence-electron chi connectivity index (χ0n) is 16.3. The maximum Gasteiger partial charge on any atom is 0.156 e. The highest BCUT2D eigenvalue weighted by atomic mass is 16.4. The molecule has 0 aliphatic heterocycles. The van der Waals surface area contributed by atoms with Crippen LogP contribution in [0, 0.1) is 0 Å². The first-order chi connectivity index (χ1) is 15.2. The summed E-state index contributed by atoms with van der Waals surface area (Å²) in [6.07, 6.45) is 3.58. The number of hydrogen-bond donors (Lipinski definition) is 0. The number of aliphatic imine (C=N–C) groups is 1. The Morgan fingerprint density at radius 3 is 2.45 bits per heavy atom. The van der Waals surface area contributed by atoms with Gasteiger partial charge in [-0.2, -0.15) is 5.10 Å². The van der Waals surface area contributed by atoms with Gasteiger partial charge in [-0.15, -0.1) is 0 Å². The summed E-state index contributed by atoms with van der Waals surface area (Å²) in [5.41, 5.74) is 3.86. The first-order valence-electron chi connectivity index (χ1n) is 9.67. The number of carbonyl (C=O) groups excluding carboxylic acids is 1. The summed E-state index contributed by atoms with van der Waals surface area (Å²) in [6, 6.07) is 25.7. The molecule has 6 nitrogen and oxygen atoms in total. The van der Waals surface area contributed by atoms with Crippen molar-refractivity contribution < 1.29 is 14.3 Å². The number of carboxylic acids is 1. The van der Waals surface area contributed by atoms with Gasteiger partial charge in [0.1, 0.15) is 11.3 Å². The molecule has 2 heterocycles. The van der Waals surface area contributed by atoms with Crippen molar-refractivity contribution in [3.63, 3.8) is 0 Å². The molecule has 0 bridgehead atoms. The van der Waals surface area contributed by atoms with Crippen LogP contribution < -0.4 is 5.11 Å². The van der Waals surface area contributed by atoms with Gasteiger partial charge < -0.3 is 14.3 Å². The molecule has 5 aromatic rings. The van der Waals surface area contributed by atoms with Crippen molar-refractivity contribution >= 4 is 28.8 Å². The van der Waals surface area contributed by atoms with E-state index in [0.29, 0.717) is 17.1 Å². The molecule has 0 amide bonds. The lowest BCUT2D eigenvalue weighted by atomic mass is 10.2. The minimum absolute atomic E-state index is 0.110. The number of para-hydroxylation sites is 2. The SMILES string of the molecule is O=C([O-])c1ccc(N=Cc2cn(-c3ccccc3)nc2-c2cc3ccccc3o2)cc1. The van der Waals surface area contributed by atoms with Crippen LogP contribution >= 0.6 is 0 Å². The van der Waals surface area contributed by atoms with Gasteiger partial charge in [0, 0.05) is 23.4 Å². The molecule has 0 saturated carbocycles. The molecule has 0 fully saturated rings. The number of rotatable bonds is 5. The van der Waals surface area contributed by atoms with Gasteiger partial charge in [-0.3, -0.25) is 4.99 Å². The Hall–Kier alpha value is -4.45. The second kappa shape index (κ2) is 7.76. The van der Waals surface area contributed by atoms with Crippen LogP contribution in [-0.4, -0.2) is 22.0 Å². The summed E-state index contributed by atoms with van der Waals surface area (Å²) in [5.74, 6) is -0.573.